The molecular weight excluding hydrogens is 242 g/mol. The van der Waals surface area contributed by atoms with Gasteiger partial charge >= 0.3 is 0 Å². The number of rotatable bonds is 9. The van der Waals surface area contributed by atoms with E-state index in [1.54, 1.807) is 7.11 Å². The molecule has 0 bridgehead atoms. The Hall–Kier alpha value is -1.39. The number of carbonyl (C=O) groups is 1. The van der Waals surface area contributed by atoms with E-state index in [4.69, 9.17) is 9.47 Å². The van der Waals surface area contributed by atoms with E-state index in [-0.39, 0.29) is 18.6 Å². The van der Waals surface area contributed by atoms with Gasteiger partial charge in [-0.3, -0.25) is 4.79 Å². The van der Waals surface area contributed by atoms with Crippen LogP contribution in [-0.4, -0.2) is 38.9 Å². The smallest absolute Gasteiger partial charge is 0.246 e. The fourth-order valence-corrected chi connectivity index (χ4v) is 1.72. The molecule has 0 fully saturated rings. The zero-order chi connectivity index (χ0) is 13.9. The molecule has 0 radical (unpaired) electrons. The molecule has 0 aliphatic rings. The number of benzene rings is 1. The van der Waals surface area contributed by atoms with Crippen LogP contribution in [0.3, 0.4) is 0 Å². The third-order valence-electron chi connectivity index (χ3n) is 2.78. The van der Waals surface area contributed by atoms with Gasteiger partial charge < -0.3 is 14.8 Å². The standard InChI is InChI=1S/C15H23NO3/c1-13(8-9-14-6-4-3-5-7-14)16-15(17)12-19-11-10-18-2/h3-7,13H,8-12H2,1-2H3,(H,16,17). The quantitative estimate of drug-likeness (QED) is 0.692. The first-order chi connectivity index (χ1) is 9.22. The van der Waals surface area contributed by atoms with Crippen molar-refractivity contribution in [3.8, 4) is 0 Å². The normalized spacial score (nSPS) is 12.1. The lowest BCUT2D eigenvalue weighted by atomic mass is 10.1. The van der Waals surface area contributed by atoms with Crippen LogP contribution in [0.1, 0.15) is 18.9 Å². The topological polar surface area (TPSA) is 47.6 Å². The second kappa shape index (κ2) is 9.53. The maximum Gasteiger partial charge on any atom is 0.246 e. The third kappa shape index (κ3) is 7.59. The number of aryl methyl sites for hydroxylation is 1. The molecule has 1 aromatic rings. The van der Waals surface area contributed by atoms with Crippen LogP contribution >= 0.6 is 0 Å². The average molecular weight is 265 g/mol. The molecule has 1 atom stereocenters. The van der Waals surface area contributed by atoms with Crippen molar-refractivity contribution in [2.75, 3.05) is 26.9 Å². The van der Waals surface area contributed by atoms with Crippen molar-refractivity contribution in [2.45, 2.75) is 25.8 Å². The van der Waals surface area contributed by atoms with Crippen molar-refractivity contribution in [1.82, 2.24) is 5.32 Å². The van der Waals surface area contributed by atoms with Crippen LogP contribution in [-0.2, 0) is 20.7 Å². The van der Waals surface area contributed by atoms with Gasteiger partial charge in [0.05, 0.1) is 13.2 Å². The van der Waals surface area contributed by atoms with Gasteiger partial charge in [0, 0.05) is 13.2 Å². The predicted molar refractivity (Wildman–Crippen MR) is 75.1 cm³/mol. The predicted octanol–water partition coefficient (Wildman–Crippen LogP) is 1.79. The van der Waals surface area contributed by atoms with E-state index in [1.165, 1.54) is 5.56 Å². The molecule has 106 valence electrons. The van der Waals surface area contributed by atoms with E-state index in [2.05, 4.69) is 17.4 Å². The molecule has 0 aromatic heterocycles. The van der Waals surface area contributed by atoms with Gasteiger partial charge in [-0.05, 0) is 25.3 Å². The van der Waals surface area contributed by atoms with Gasteiger partial charge in [-0.2, -0.15) is 0 Å². The van der Waals surface area contributed by atoms with E-state index < -0.39 is 0 Å². The number of ether oxygens (including phenoxy) is 2. The van der Waals surface area contributed by atoms with Crippen LogP contribution in [0.25, 0.3) is 0 Å². The van der Waals surface area contributed by atoms with Gasteiger partial charge in [-0.15, -0.1) is 0 Å². The largest absolute Gasteiger partial charge is 0.382 e. The number of hydrogen-bond donors (Lipinski definition) is 1. The summed E-state index contributed by atoms with van der Waals surface area (Å²) in [5, 5.41) is 2.92. The fraction of sp³-hybridized carbons (Fsp3) is 0.533. The minimum absolute atomic E-state index is 0.0725. The van der Waals surface area contributed by atoms with Crippen molar-refractivity contribution in [1.29, 1.82) is 0 Å². The van der Waals surface area contributed by atoms with Crippen LogP contribution in [0.4, 0.5) is 0 Å². The van der Waals surface area contributed by atoms with Gasteiger partial charge in [0.15, 0.2) is 0 Å². The number of amides is 1. The molecule has 1 N–H and O–H groups in total. The molecule has 0 spiro atoms. The molecule has 19 heavy (non-hydrogen) atoms. The van der Waals surface area contributed by atoms with Gasteiger partial charge in [-0.25, -0.2) is 0 Å². The molecule has 0 aliphatic carbocycles. The van der Waals surface area contributed by atoms with Crippen molar-refractivity contribution in [3.05, 3.63) is 35.9 Å². The molecule has 1 unspecified atom stereocenters. The second-order valence-electron chi connectivity index (χ2n) is 4.54. The highest BCUT2D eigenvalue weighted by Crippen LogP contribution is 2.04. The summed E-state index contributed by atoms with van der Waals surface area (Å²) in [5.74, 6) is -0.0725. The Morgan fingerprint density at radius 2 is 2.00 bits per heavy atom. The molecule has 4 heteroatoms. The van der Waals surface area contributed by atoms with Crippen molar-refractivity contribution >= 4 is 5.91 Å². The van der Waals surface area contributed by atoms with E-state index in [0.717, 1.165) is 12.8 Å². The van der Waals surface area contributed by atoms with E-state index in [1.807, 2.05) is 25.1 Å². The fourth-order valence-electron chi connectivity index (χ4n) is 1.72. The lowest BCUT2D eigenvalue weighted by Crippen LogP contribution is -2.35. The Balaban J connectivity index is 2.13. The number of hydrogen-bond acceptors (Lipinski definition) is 3. The Morgan fingerprint density at radius 1 is 1.26 bits per heavy atom. The van der Waals surface area contributed by atoms with Crippen LogP contribution in [0.15, 0.2) is 30.3 Å². The lowest BCUT2D eigenvalue weighted by Gasteiger charge is -2.14. The first-order valence-corrected chi connectivity index (χ1v) is 6.62. The maximum atomic E-state index is 11.6. The summed E-state index contributed by atoms with van der Waals surface area (Å²) in [5.41, 5.74) is 1.29. The van der Waals surface area contributed by atoms with E-state index >= 15 is 0 Å². The Kier molecular flexibility index (Phi) is 7.86. The van der Waals surface area contributed by atoms with Crippen LogP contribution < -0.4 is 5.32 Å². The van der Waals surface area contributed by atoms with E-state index in [0.29, 0.717) is 13.2 Å². The Morgan fingerprint density at radius 3 is 2.68 bits per heavy atom. The summed E-state index contributed by atoms with van der Waals surface area (Å²) in [6, 6.07) is 10.4. The molecule has 1 amide bonds. The van der Waals surface area contributed by atoms with Crippen LogP contribution in [0.5, 0.6) is 0 Å². The zero-order valence-electron chi connectivity index (χ0n) is 11.7. The van der Waals surface area contributed by atoms with Gasteiger partial charge in [-0.1, -0.05) is 30.3 Å². The Bertz CT molecular complexity index is 354. The van der Waals surface area contributed by atoms with Gasteiger partial charge in [0.1, 0.15) is 6.61 Å². The highest BCUT2D eigenvalue weighted by Gasteiger charge is 2.07. The first-order valence-electron chi connectivity index (χ1n) is 6.62. The highest BCUT2D eigenvalue weighted by molar-refractivity contribution is 5.77. The summed E-state index contributed by atoms with van der Waals surface area (Å²) in [6.45, 7) is 3.06. The van der Waals surface area contributed by atoms with Gasteiger partial charge in [0.2, 0.25) is 5.91 Å². The average Bonchev–Trinajstić information content (AvgIpc) is 2.42. The maximum absolute atomic E-state index is 11.6. The molecule has 0 saturated carbocycles. The SMILES string of the molecule is COCCOCC(=O)NC(C)CCc1ccccc1. The molecular formula is C15H23NO3. The zero-order valence-corrected chi connectivity index (χ0v) is 11.7. The molecule has 1 aromatic carbocycles. The monoisotopic (exact) mass is 265 g/mol. The number of methoxy groups -OCH3 is 1. The molecule has 0 aliphatic heterocycles. The van der Waals surface area contributed by atoms with Crippen molar-refractivity contribution in [2.24, 2.45) is 0 Å². The van der Waals surface area contributed by atoms with E-state index in [9.17, 15) is 4.79 Å². The summed E-state index contributed by atoms with van der Waals surface area (Å²) >= 11 is 0. The van der Waals surface area contributed by atoms with Gasteiger partial charge in [0.25, 0.3) is 0 Å². The summed E-state index contributed by atoms with van der Waals surface area (Å²) < 4.78 is 10.00. The van der Waals surface area contributed by atoms with Crippen molar-refractivity contribution in [3.63, 3.8) is 0 Å². The summed E-state index contributed by atoms with van der Waals surface area (Å²) in [7, 11) is 1.61. The van der Waals surface area contributed by atoms with Crippen molar-refractivity contribution < 1.29 is 14.3 Å². The Labute approximate surface area is 115 Å². The summed E-state index contributed by atoms with van der Waals surface area (Å²) in [6.07, 6.45) is 1.89. The number of nitrogens with one attached hydrogen (secondary N) is 1. The molecule has 0 saturated heterocycles. The van der Waals surface area contributed by atoms with Crippen LogP contribution in [0.2, 0.25) is 0 Å². The molecule has 0 heterocycles. The minimum atomic E-state index is -0.0725. The third-order valence-corrected chi connectivity index (χ3v) is 2.78. The number of carbonyl (C=O) groups excluding carboxylic acids is 1. The first kappa shape index (κ1) is 15.7. The highest BCUT2D eigenvalue weighted by atomic mass is 16.5. The second-order valence-corrected chi connectivity index (χ2v) is 4.54. The minimum Gasteiger partial charge on any atom is -0.382 e. The molecule has 4 nitrogen and oxygen atoms in total. The lowest BCUT2D eigenvalue weighted by molar-refractivity contribution is -0.126. The van der Waals surface area contributed by atoms with Crippen LogP contribution in [0, 0.1) is 0 Å². The molecule has 1 rings (SSSR count). The summed E-state index contributed by atoms with van der Waals surface area (Å²) in [4.78, 5) is 11.6.